The van der Waals surface area contributed by atoms with Crippen molar-refractivity contribution in [1.82, 2.24) is 0 Å². The lowest BCUT2D eigenvalue weighted by molar-refractivity contribution is -0.162. The first-order chi connectivity index (χ1) is 9.53. The minimum Gasteiger partial charge on any atom is -0.481 e. The van der Waals surface area contributed by atoms with Gasteiger partial charge in [0.05, 0.1) is 0 Å². The van der Waals surface area contributed by atoms with Gasteiger partial charge in [-0.2, -0.15) is 0 Å². The van der Waals surface area contributed by atoms with Crippen molar-refractivity contribution >= 4 is 11.9 Å². The fraction of sp³-hybridized carbons (Fsp3) is 0.250. The molecule has 1 aromatic rings. The fourth-order valence-corrected chi connectivity index (χ4v) is 2.44. The molecule has 2 atom stereocenters. The number of benzene rings is 1. The second kappa shape index (κ2) is 5.74. The van der Waals surface area contributed by atoms with Crippen molar-refractivity contribution < 1.29 is 19.4 Å². The lowest BCUT2D eigenvalue weighted by atomic mass is 9.79. The van der Waals surface area contributed by atoms with Gasteiger partial charge in [0, 0.05) is 13.3 Å². The van der Waals surface area contributed by atoms with Gasteiger partial charge in [-0.3, -0.25) is 9.59 Å². The Bertz CT molecular complexity index is 559. The predicted molar refractivity (Wildman–Crippen MR) is 74.0 cm³/mol. The van der Waals surface area contributed by atoms with E-state index in [-0.39, 0.29) is 0 Å². The standard InChI is InChI=1S/C16H16O4/c1-12(17)20-16(11-13-7-3-2-4-8-13)10-6-5-9-14(16)15(18)19/h2-10,14H,11H2,1H3,(H,18,19). The summed E-state index contributed by atoms with van der Waals surface area (Å²) in [4.78, 5) is 22.9. The molecule has 0 aromatic heterocycles. The van der Waals surface area contributed by atoms with Crippen molar-refractivity contribution in [3.63, 3.8) is 0 Å². The van der Waals surface area contributed by atoms with Gasteiger partial charge in [-0.05, 0) is 11.6 Å². The molecule has 1 N–H and O–H groups in total. The number of esters is 1. The van der Waals surface area contributed by atoms with Crippen molar-refractivity contribution in [2.75, 3.05) is 0 Å². The average Bonchev–Trinajstić information content (AvgIpc) is 2.39. The molecule has 4 nitrogen and oxygen atoms in total. The molecule has 0 bridgehead atoms. The van der Waals surface area contributed by atoms with Crippen LogP contribution in [0.5, 0.6) is 0 Å². The Hall–Kier alpha value is -2.36. The summed E-state index contributed by atoms with van der Waals surface area (Å²) in [7, 11) is 0. The molecule has 2 unspecified atom stereocenters. The van der Waals surface area contributed by atoms with Crippen LogP contribution in [0, 0.1) is 5.92 Å². The Kier molecular flexibility index (Phi) is 4.03. The van der Waals surface area contributed by atoms with Crippen molar-refractivity contribution in [1.29, 1.82) is 0 Å². The summed E-state index contributed by atoms with van der Waals surface area (Å²) in [5, 5.41) is 9.39. The van der Waals surface area contributed by atoms with E-state index in [0.29, 0.717) is 6.42 Å². The third kappa shape index (κ3) is 2.96. The first kappa shape index (κ1) is 14.1. The molecule has 0 amide bonds. The molecule has 0 saturated carbocycles. The summed E-state index contributed by atoms with van der Waals surface area (Å²) < 4.78 is 5.40. The highest BCUT2D eigenvalue weighted by Crippen LogP contribution is 2.33. The van der Waals surface area contributed by atoms with Crippen LogP contribution < -0.4 is 0 Å². The molecule has 0 spiro atoms. The SMILES string of the molecule is CC(=O)OC1(Cc2ccccc2)C=CC=CC1C(=O)O. The Morgan fingerprint density at radius 3 is 2.55 bits per heavy atom. The highest BCUT2D eigenvalue weighted by molar-refractivity contribution is 5.77. The molecule has 0 heterocycles. The van der Waals surface area contributed by atoms with Crippen LogP contribution in [0.2, 0.25) is 0 Å². The predicted octanol–water partition coefficient (Wildman–Crippen LogP) is 2.36. The van der Waals surface area contributed by atoms with Gasteiger partial charge in [0.2, 0.25) is 0 Å². The van der Waals surface area contributed by atoms with E-state index in [1.165, 1.54) is 6.92 Å². The molecule has 0 radical (unpaired) electrons. The van der Waals surface area contributed by atoms with Crippen LogP contribution in [0.4, 0.5) is 0 Å². The van der Waals surface area contributed by atoms with Gasteiger partial charge in [-0.15, -0.1) is 0 Å². The van der Waals surface area contributed by atoms with Crippen LogP contribution >= 0.6 is 0 Å². The van der Waals surface area contributed by atoms with Crippen molar-refractivity contribution in [2.24, 2.45) is 5.92 Å². The van der Waals surface area contributed by atoms with Crippen molar-refractivity contribution in [3.05, 3.63) is 60.2 Å². The number of carbonyl (C=O) groups is 2. The first-order valence-corrected chi connectivity index (χ1v) is 6.36. The van der Waals surface area contributed by atoms with Gasteiger partial charge < -0.3 is 9.84 Å². The number of carboxylic acids is 1. The molecule has 20 heavy (non-hydrogen) atoms. The number of carbonyl (C=O) groups excluding carboxylic acids is 1. The number of aliphatic carboxylic acids is 1. The largest absolute Gasteiger partial charge is 0.481 e. The Labute approximate surface area is 117 Å². The summed E-state index contributed by atoms with van der Waals surface area (Å²) in [6.07, 6.45) is 6.90. The number of ether oxygens (including phenoxy) is 1. The number of hydrogen-bond acceptors (Lipinski definition) is 3. The molecule has 0 saturated heterocycles. The lowest BCUT2D eigenvalue weighted by Gasteiger charge is -2.35. The van der Waals surface area contributed by atoms with E-state index in [4.69, 9.17) is 4.74 Å². The molecular formula is C16H16O4. The Morgan fingerprint density at radius 2 is 1.95 bits per heavy atom. The maximum absolute atomic E-state index is 11.5. The highest BCUT2D eigenvalue weighted by atomic mass is 16.6. The zero-order valence-electron chi connectivity index (χ0n) is 11.2. The van der Waals surface area contributed by atoms with E-state index in [9.17, 15) is 14.7 Å². The highest BCUT2D eigenvalue weighted by Gasteiger charge is 2.44. The smallest absolute Gasteiger partial charge is 0.314 e. The third-order valence-electron chi connectivity index (χ3n) is 3.24. The quantitative estimate of drug-likeness (QED) is 0.855. The summed E-state index contributed by atoms with van der Waals surface area (Å²) in [6.45, 7) is 1.29. The van der Waals surface area contributed by atoms with Crippen molar-refractivity contribution in [2.45, 2.75) is 18.9 Å². The van der Waals surface area contributed by atoms with Crippen LogP contribution in [0.15, 0.2) is 54.6 Å². The summed E-state index contributed by atoms with van der Waals surface area (Å²) >= 11 is 0. The summed E-state index contributed by atoms with van der Waals surface area (Å²) in [5.74, 6) is -2.40. The Morgan fingerprint density at radius 1 is 1.25 bits per heavy atom. The average molecular weight is 272 g/mol. The normalized spacial score (nSPS) is 24.4. The van der Waals surface area contributed by atoms with Gasteiger partial charge in [0.1, 0.15) is 5.92 Å². The van der Waals surface area contributed by atoms with Crippen LogP contribution in [0.3, 0.4) is 0 Å². The monoisotopic (exact) mass is 272 g/mol. The maximum Gasteiger partial charge on any atom is 0.314 e. The van der Waals surface area contributed by atoms with E-state index in [2.05, 4.69) is 0 Å². The molecule has 104 valence electrons. The van der Waals surface area contributed by atoms with E-state index in [1.54, 1.807) is 24.3 Å². The molecule has 4 heteroatoms. The maximum atomic E-state index is 11.5. The number of carboxylic acid groups (broad SMARTS) is 1. The van der Waals surface area contributed by atoms with Crippen LogP contribution in [-0.4, -0.2) is 22.6 Å². The Balaban J connectivity index is 2.39. The van der Waals surface area contributed by atoms with Gasteiger partial charge in [0.15, 0.2) is 5.60 Å². The van der Waals surface area contributed by atoms with E-state index in [1.807, 2.05) is 30.3 Å². The van der Waals surface area contributed by atoms with Gasteiger partial charge in [0.25, 0.3) is 0 Å². The summed E-state index contributed by atoms with van der Waals surface area (Å²) in [5.41, 5.74) is -0.256. The molecule has 0 fully saturated rings. The zero-order chi connectivity index (χ0) is 14.6. The molecule has 0 aliphatic heterocycles. The zero-order valence-corrected chi connectivity index (χ0v) is 11.2. The van der Waals surface area contributed by atoms with Crippen LogP contribution in [0.25, 0.3) is 0 Å². The topological polar surface area (TPSA) is 63.6 Å². The molecular weight excluding hydrogens is 256 g/mol. The minimum atomic E-state index is -1.17. The van der Waals surface area contributed by atoms with Crippen molar-refractivity contribution in [3.8, 4) is 0 Å². The third-order valence-corrected chi connectivity index (χ3v) is 3.24. The molecule has 1 aliphatic rings. The fourth-order valence-electron chi connectivity index (χ4n) is 2.44. The second-order valence-electron chi connectivity index (χ2n) is 4.77. The number of rotatable bonds is 4. The minimum absolute atomic E-state index is 0.325. The van der Waals surface area contributed by atoms with Gasteiger partial charge in [-0.25, -0.2) is 0 Å². The van der Waals surface area contributed by atoms with E-state index < -0.39 is 23.5 Å². The molecule has 1 aromatic carbocycles. The number of hydrogen-bond donors (Lipinski definition) is 1. The van der Waals surface area contributed by atoms with Gasteiger partial charge >= 0.3 is 11.9 Å². The van der Waals surface area contributed by atoms with E-state index in [0.717, 1.165) is 5.56 Å². The summed E-state index contributed by atoms with van der Waals surface area (Å²) in [6, 6.07) is 9.39. The van der Waals surface area contributed by atoms with E-state index >= 15 is 0 Å². The van der Waals surface area contributed by atoms with Crippen LogP contribution in [-0.2, 0) is 20.7 Å². The lowest BCUT2D eigenvalue weighted by Crippen LogP contribution is -2.46. The van der Waals surface area contributed by atoms with Crippen LogP contribution in [0.1, 0.15) is 12.5 Å². The second-order valence-corrected chi connectivity index (χ2v) is 4.77. The first-order valence-electron chi connectivity index (χ1n) is 6.36. The molecule has 2 rings (SSSR count). The van der Waals surface area contributed by atoms with Gasteiger partial charge in [-0.1, -0.05) is 48.6 Å². The molecule has 1 aliphatic carbocycles. The number of allylic oxidation sites excluding steroid dienone is 2.